The number of nitrogens with two attached hydrogens (primary N) is 1. The molecule has 1 unspecified atom stereocenters. The Hall–Kier alpha value is -2.96. The molecule has 0 radical (unpaired) electrons. The molecule has 1 atom stereocenters. The lowest BCUT2D eigenvalue weighted by atomic mass is 10.0. The molecular weight excluding hydrogens is 351 g/mol. The number of anilines is 2. The predicted molar refractivity (Wildman–Crippen MR) is 103 cm³/mol. The van der Waals surface area contributed by atoms with Crippen LogP contribution in [0.4, 0.5) is 15.8 Å². The molecule has 0 aliphatic carbocycles. The van der Waals surface area contributed by atoms with Crippen LogP contribution >= 0.6 is 0 Å². The van der Waals surface area contributed by atoms with Crippen molar-refractivity contribution in [2.24, 2.45) is 0 Å². The SMILES string of the molecule is CCCOc1cc(OC)cc(C(Nc2ccc(N)cc2)C(=O)OCC)c1F. The number of hydrogen-bond acceptors (Lipinski definition) is 6. The molecule has 146 valence electrons. The molecule has 2 aromatic carbocycles. The van der Waals surface area contributed by atoms with E-state index in [1.165, 1.54) is 19.2 Å². The first-order valence-electron chi connectivity index (χ1n) is 8.79. The van der Waals surface area contributed by atoms with Crippen LogP contribution in [0.2, 0.25) is 0 Å². The van der Waals surface area contributed by atoms with Crippen molar-refractivity contribution in [3.05, 3.63) is 47.8 Å². The van der Waals surface area contributed by atoms with E-state index >= 15 is 4.39 Å². The van der Waals surface area contributed by atoms with Crippen LogP contribution in [0.3, 0.4) is 0 Å². The third-order valence-electron chi connectivity index (χ3n) is 3.79. The maximum absolute atomic E-state index is 15.1. The Bertz CT molecular complexity index is 765. The number of carbonyl (C=O) groups excluding carboxylic acids is 1. The number of benzene rings is 2. The monoisotopic (exact) mass is 376 g/mol. The van der Waals surface area contributed by atoms with E-state index < -0.39 is 17.8 Å². The summed E-state index contributed by atoms with van der Waals surface area (Å²) in [6, 6.07) is 8.61. The minimum absolute atomic E-state index is 0.0274. The first-order valence-corrected chi connectivity index (χ1v) is 8.79. The van der Waals surface area contributed by atoms with Crippen molar-refractivity contribution >= 4 is 17.3 Å². The van der Waals surface area contributed by atoms with Gasteiger partial charge in [-0.15, -0.1) is 0 Å². The number of carbonyl (C=O) groups is 1. The van der Waals surface area contributed by atoms with Gasteiger partial charge in [0.25, 0.3) is 0 Å². The summed E-state index contributed by atoms with van der Waals surface area (Å²) in [5, 5.41) is 3.00. The Morgan fingerprint density at radius 1 is 1.22 bits per heavy atom. The predicted octanol–water partition coefficient (Wildman–Crippen LogP) is 3.92. The highest BCUT2D eigenvalue weighted by Crippen LogP contribution is 2.33. The molecule has 6 nitrogen and oxygen atoms in total. The number of esters is 1. The van der Waals surface area contributed by atoms with Crippen LogP contribution in [0.25, 0.3) is 0 Å². The van der Waals surface area contributed by atoms with Gasteiger partial charge in [-0.1, -0.05) is 6.92 Å². The van der Waals surface area contributed by atoms with E-state index in [1.807, 2.05) is 6.92 Å². The summed E-state index contributed by atoms with van der Waals surface area (Å²) >= 11 is 0. The van der Waals surface area contributed by atoms with Crippen molar-refractivity contribution in [2.45, 2.75) is 26.3 Å². The highest BCUT2D eigenvalue weighted by atomic mass is 19.1. The molecule has 0 saturated heterocycles. The van der Waals surface area contributed by atoms with E-state index in [0.29, 0.717) is 23.7 Å². The normalized spacial score (nSPS) is 11.6. The summed E-state index contributed by atoms with van der Waals surface area (Å²) in [4.78, 5) is 12.5. The minimum atomic E-state index is -1.08. The zero-order chi connectivity index (χ0) is 19.8. The average Bonchev–Trinajstić information content (AvgIpc) is 2.67. The first-order chi connectivity index (χ1) is 13.0. The topological polar surface area (TPSA) is 82.8 Å². The van der Waals surface area contributed by atoms with Crippen molar-refractivity contribution in [2.75, 3.05) is 31.4 Å². The van der Waals surface area contributed by atoms with Gasteiger partial charge in [0.2, 0.25) is 0 Å². The Balaban J connectivity index is 2.46. The summed E-state index contributed by atoms with van der Waals surface area (Å²) in [5.41, 5.74) is 6.95. The number of nitrogens with one attached hydrogen (secondary N) is 1. The maximum atomic E-state index is 15.1. The van der Waals surface area contributed by atoms with E-state index in [9.17, 15) is 4.79 Å². The van der Waals surface area contributed by atoms with Gasteiger partial charge in [0.05, 0.1) is 20.3 Å². The van der Waals surface area contributed by atoms with Gasteiger partial charge in [-0.25, -0.2) is 9.18 Å². The van der Waals surface area contributed by atoms with Gasteiger partial charge in [0.15, 0.2) is 17.6 Å². The second-order valence-electron chi connectivity index (χ2n) is 5.83. The first kappa shape index (κ1) is 20.4. The molecule has 0 saturated carbocycles. The van der Waals surface area contributed by atoms with Gasteiger partial charge in [-0.05, 0) is 43.7 Å². The van der Waals surface area contributed by atoms with Gasteiger partial charge in [0.1, 0.15) is 5.75 Å². The number of hydrogen-bond donors (Lipinski definition) is 2. The molecule has 0 aromatic heterocycles. The molecule has 3 N–H and O–H groups in total. The van der Waals surface area contributed by atoms with Crippen molar-refractivity contribution in [1.29, 1.82) is 0 Å². The van der Waals surface area contributed by atoms with Crippen LogP contribution < -0.4 is 20.5 Å². The summed E-state index contributed by atoms with van der Waals surface area (Å²) < 4.78 is 30.9. The fourth-order valence-corrected chi connectivity index (χ4v) is 2.47. The number of ether oxygens (including phenoxy) is 3. The standard InChI is InChI=1S/C20H25FN2O4/c1-4-10-27-17-12-15(25-3)11-16(18(17)21)19(20(24)26-5-2)23-14-8-6-13(22)7-9-14/h6-9,11-12,19,23H,4-5,10,22H2,1-3H3. The highest BCUT2D eigenvalue weighted by molar-refractivity contribution is 5.81. The fraction of sp³-hybridized carbons (Fsp3) is 0.350. The Labute approximate surface area is 158 Å². The van der Waals surface area contributed by atoms with Crippen molar-refractivity contribution in [3.8, 4) is 11.5 Å². The molecule has 0 fully saturated rings. The van der Waals surface area contributed by atoms with E-state index in [1.54, 1.807) is 31.2 Å². The molecule has 0 heterocycles. The lowest BCUT2D eigenvalue weighted by molar-refractivity contribution is -0.144. The Kier molecular flexibility index (Phi) is 7.28. The largest absolute Gasteiger partial charge is 0.497 e. The highest BCUT2D eigenvalue weighted by Gasteiger charge is 2.28. The minimum Gasteiger partial charge on any atom is -0.497 e. The van der Waals surface area contributed by atoms with Gasteiger partial charge in [0, 0.05) is 23.0 Å². The average molecular weight is 376 g/mol. The quantitative estimate of drug-likeness (QED) is 0.510. The van der Waals surface area contributed by atoms with E-state index in [4.69, 9.17) is 19.9 Å². The molecule has 0 aliphatic heterocycles. The Morgan fingerprint density at radius 2 is 1.93 bits per heavy atom. The lowest BCUT2D eigenvalue weighted by Gasteiger charge is -2.21. The second kappa shape index (κ2) is 9.66. The summed E-state index contributed by atoms with van der Waals surface area (Å²) in [6.07, 6.45) is 0.719. The number of nitrogen functional groups attached to an aromatic ring is 1. The van der Waals surface area contributed by atoms with Crippen molar-refractivity contribution in [1.82, 2.24) is 0 Å². The fourth-order valence-electron chi connectivity index (χ4n) is 2.47. The summed E-state index contributed by atoms with van der Waals surface area (Å²) in [5.74, 6) is -0.835. The van der Waals surface area contributed by atoms with E-state index in [-0.39, 0.29) is 17.9 Å². The molecule has 0 amide bonds. The molecular formula is C20H25FN2O4. The molecule has 0 aliphatic rings. The van der Waals surface area contributed by atoms with Gasteiger partial charge >= 0.3 is 5.97 Å². The number of methoxy groups -OCH3 is 1. The summed E-state index contributed by atoms with van der Waals surface area (Å²) in [7, 11) is 1.47. The van der Waals surface area contributed by atoms with Gasteiger partial charge < -0.3 is 25.3 Å². The van der Waals surface area contributed by atoms with Crippen LogP contribution in [0.5, 0.6) is 11.5 Å². The molecule has 2 rings (SSSR count). The van der Waals surface area contributed by atoms with E-state index in [0.717, 1.165) is 6.42 Å². The van der Waals surface area contributed by atoms with Crippen LogP contribution in [0, 0.1) is 5.82 Å². The van der Waals surface area contributed by atoms with Crippen molar-refractivity contribution < 1.29 is 23.4 Å². The van der Waals surface area contributed by atoms with Gasteiger partial charge in [-0.2, -0.15) is 0 Å². The molecule has 7 heteroatoms. The molecule has 0 spiro atoms. The third kappa shape index (κ3) is 5.26. The van der Waals surface area contributed by atoms with E-state index in [2.05, 4.69) is 5.32 Å². The summed E-state index contributed by atoms with van der Waals surface area (Å²) in [6.45, 7) is 4.13. The zero-order valence-electron chi connectivity index (χ0n) is 15.8. The second-order valence-corrected chi connectivity index (χ2v) is 5.83. The smallest absolute Gasteiger partial charge is 0.333 e. The lowest BCUT2D eigenvalue weighted by Crippen LogP contribution is -2.24. The zero-order valence-corrected chi connectivity index (χ0v) is 15.8. The maximum Gasteiger partial charge on any atom is 0.333 e. The molecule has 2 aromatic rings. The third-order valence-corrected chi connectivity index (χ3v) is 3.79. The number of rotatable bonds is 9. The van der Waals surface area contributed by atoms with Crippen LogP contribution in [0.1, 0.15) is 31.9 Å². The van der Waals surface area contributed by atoms with Crippen LogP contribution in [0.15, 0.2) is 36.4 Å². The van der Waals surface area contributed by atoms with Crippen LogP contribution in [-0.2, 0) is 9.53 Å². The number of halogens is 1. The van der Waals surface area contributed by atoms with Gasteiger partial charge in [-0.3, -0.25) is 0 Å². The molecule has 0 bridgehead atoms. The molecule has 27 heavy (non-hydrogen) atoms. The van der Waals surface area contributed by atoms with Crippen molar-refractivity contribution in [3.63, 3.8) is 0 Å². The Morgan fingerprint density at radius 3 is 2.52 bits per heavy atom. The van der Waals surface area contributed by atoms with Crippen LogP contribution in [-0.4, -0.2) is 26.3 Å².